The van der Waals surface area contributed by atoms with Gasteiger partial charge in [-0.05, 0) is 57.8 Å². The fourth-order valence-corrected chi connectivity index (χ4v) is 6.74. The van der Waals surface area contributed by atoms with E-state index in [0.29, 0.717) is 29.8 Å². The van der Waals surface area contributed by atoms with E-state index in [1.165, 1.54) is 25.0 Å². The Kier molecular flexibility index (Phi) is 7.04. The van der Waals surface area contributed by atoms with Gasteiger partial charge in [0.05, 0.1) is 12.1 Å². The normalized spacial score (nSPS) is 39.5. The number of rotatable bonds is 9. The Morgan fingerprint density at radius 3 is 3.03 bits per heavy atom. The second-order valence-corrected chi connectivity index (χ2v) is 10.7. The second kappa shape index (κ2) is 9.97. The molecule has 32 heavy (non-hydrogen) atoms. The average Bonchev–Trinajstić information content (AvgIpc) is 3.13. The van der Waals surface area contributed by atoms with Gasteiger partial charge in [0.2, 0.25) is 5.91 Å². The molecule has 3 fully saturated rings. The molecule has 3 aliphatic heterocycles. The van der Waals surface area contributed by atoms with Crippen molar-refractivity contribution < 1.29 is 4.79 Å². The van der Waals surface area contributed by atoms with Crippen molar-refractivity contribution in [2.45, 2.75) is 75.2 Å². The van der Waals surface area contributed by atoms with Crippen LogP contribution in [0.4, 0.5) is 0 Å². The van der Waals surface area contributed by atoms with E-state index < -0.39 is 0 Å². The summed E-state index contributed by atoms with van der Waals surface area (Å²) in [6.07, 6.45) is 11.7. The number of nitrogens with one attached hydrogen (secondary N) is 3. The lowest BCUT2D eigenvalue weighted by atomic mass is 9.90. The van der Waals surface area contributed by atoms with Crippen LogP contribution in [-0.4, -0.2) is 95.1 Å². The third kappa shape index (κ3) is 4.71. The lowest BCUT2D eigenvalue weighted by Crippen LogP contribution is -2.49. The Morgan fingerprint density at radius 1 is 1.28 bits per heavy atom. The first-order valence-corrected chi connectivity index (χ1v) is 13.3. The summed E-state index contributed by atoms with van der Waals surface area (Å²) in [6, 6.07) is 0.938. The van der Waals surface area contributed by atoms with Crippen LogP contribution in [0.1, 0.15) is 45.4 Å². The molecular weight excluding hydrogens is 422 g/mol. The van der Waals surface area contributed by atoms with Crippen molar-refractivity contribution in [1.82, 2.24) is 35.5 Å². The average molecular weight is 461 g/mol. The van der Waals surface area contributed by atoms with E-state index in [9.17, 15) is 4.79 Å². The topological polar surface area (TPSA) is 76.5 Å². The van der Waals surface area contributed by atoms with Crippen LogP contribution >= 0.6 is 11.8 Å². The Balaban J connectivity index is 1.10. The van der Waals surface area contributed by atoms with E-state index in [4.69, 9.17) is 0 Å². The summed E-state index contributed by atoms with van der Waals surface area (Å²) >= 11 is 1.89. The van der Waals surface area contributed by atoms with E-state index in [-0.39, 0.29) is 11.8 Å². The number of thioether (sulfide) groups is 1. The largest absolute Gasteiger partial charge is 0.341 e. The highest BCUT2D eigenvalue weighted by Crippen LogP contribution is 2.37. The maximum atomic E-state index is 13.0. The maximum Gasteiger partial charge on any atom is 0.327 e. The third-order valence-electron chi connectivity index (χ3n) is 7.57. The van der Waals surface area contributed by atoms with E-state index in [0.717, 1.165) is 45.4 Å². The predicted molar refractivity (Wildman–Crippen MR) is 131 cm³/mol. The van der Waals surface area contributed by atoms with Gasteiger partial charge in [-0.3, -0.25) is 15.4 Å². The van der Waals surface area contributed by atoms with Gasteiger partial charge in [-0.25, -0.2) is 5.01 Å². The number of likely N-dealkylation sites (N-methyl/N-ethyl adjacent to an activating group) is 2. The summed E-state index contributed by atoms with van der Waals surface area (Å²) in [5.41, 5.74) is 3.43. The van der Waals surface area contributed by atoms with Gasteiger partial charge in [0, 0.05) is 44.7 Å². The second-order valence-electron chi connectivity index (χ2n) is 9.60. The molecule has 5 aliphatic rings. The van der Waals surface area contributed by atoms with Crippen molar-refractivity contribution in [1.29, 1.82) is 0 Å². The zero-order chi connectivity index (χ0) is 22.1. The number of hydrogen-bond donors (Lipinski definition) is 3. The number of fused-ring (bicyclic) bond motifs is 2. The standard InChI is InChI=1S/C23H38N7OS/c1-3-28(12-10-24-2)22(31)16-5-4-6-17(13-16)27-23-29-11-9-21(30(23)29)26-18-7-8-19-20(14-18)32-15-25-19/h4-5,15-18,20-21,23-24,26-27H,3,6-14H2,1-2H3/q+1. The van der Waals surface area contributed by atoms with Crippen LogP contribution in [0, 0.1) is 5.92 Å². The smallest absolute Gasteiger partial charge is 0.327 e. The van der Waals surface area contributed by atoms with Crippen LogP contribution in [-0.2, 0) is 4.79 Å². The number of carbonyl (C=O) groups excluding carboxylic acids is 1. The summed E-state index contributed by atoms with van der Waals surface area (Å²) in [6.45, 7) is 5.56. The van der Waals surface area contributed by atoms with Gasteiger partial charge in [0.15, 0.2) is 0 Å². The van der Waals surface area contributed by atoms with Crippen molar-refractivity contribution in [3.63, 3.8) is 0 Å². The van der Waals surface area contributed by atoms with Gasteiger partial charge in [-0.1, -0.05) is 16.8 Å². The quantitative estimate of drug-likeness (QED) is 0.260. The van der Waals surface area contributed by atoms with E-state index in [1.54, 1.807) is 0 Å². The molecule has 0 aromatic carbocycles. The van der Waals surface area contributed by atoms with E-state index in [1.807, 2.05) is 29.3 Å². The molecule has 0 aromatic heterocycles. The highest BCUT2D eigenvalue weighted by atomic mass is 32.2. The van der Waals surface area contributed by atoms with Gasteiger partial charge in [-0.2, -0.15) is 5.01 Å². The zero-order valence-electron chi connectivity index (χ0n) is 19.4. The molecule has 8 nitrogen and oxygen atoms in total. The number of hydrogen-bond acceptors (Lipinski definition) is 7. The van der Waals surface area contributed by atoms with Crippen LogP contribution in [0.25, 0.3) is 0 Å². The molecule has 5 rings (SSSR count). The lowest BCUT2D eigenvalue weighted by molar-refractivity contribution is -0.134. The fourth-order valence-electron chi connectivity index (χ4n) is 5.71. The molecule has 1 saturated carbocycles. The highest BCUT2D eigenvalue weighted by Gasteiger charge is 2.55. The Labute approximate surface area is 195 Å². The minimum absolute atomic E-state index is 0.00520. The first-order chi connectivity index (χ1) is 15.7. The number of amides is 1. The summed E-state index contributed by atoms with van der Waals surface area (Å²) in [5, 5.41) is 16.5. The molecule has 3 N–H and O–H groups in total. The molecular formula is C23H38N7OS+. The van der Waals surface area contributed by atoms with E-state index in [2.05, 4.69) is 49.7 Å². The number of hydrazine groups is 1. The van der Waals surface area contributed by atoms with Gasteiger partial charge in [0.1, 0.15) is 11.5 Å². The van der Waals surface area contributed by atoms with Crippen LogP contribution < -0.4 is 20.6 Å². The molecule has 9 heteroatoms. The van der Waals surface area contributed by atoms with Crippen LogP contribution in [0.15, 0.2) is 12.2 Å². The third-order valence-corrected chi connectivity index (χ3v) is 8.59. The summed E-state index contributed by atoms with van der Waals surface area (Å²) < 4.78 is 4.54. The van der Waals surface area contributed by atoms with Gasteiger partial charge in [0.25, 0.3) is 5.71 Å². The molecule has 0 spiro atoms. The van der Waals surface area contributed by atoms with Crippen LogP contribution in [0.3, 0.4) is 0 Å². The van der Waals surface area contributed by atoms with Crippen LogP contribution in [0.5, 0.6) is 0 Å². The number of nitrogens with zero attached hydrogens (tertiary/aromatic N) is 4. The molecule has 3 heterocycles. The number of carbonyl (C=O) groups is 1. The van der Waals surface area contributed by atoms with Crippen molar-refractivity contribution in [3.05, 3.63) is 12.2 Å². The molecule has 2 aliphatic carbocycles. The maximum absolute atomic E-state index is 13.0. The highest BCUT2D eigenvalue weighted by molar-refractivity contribution is 8.13. The monoisotopic (exact) mass is 460 g/mol. The molecule has 0 radical (unpaired) electrons. The van der Waals surface area contributed by atoms with Gasteiger partial charge < -0.3 is 10.2 Å². The Hall–Kier alpha value is -1.19. The molecule has 0 aromatic rings. The van der Waals surface area contributed by atoms with Crippen molar-refractivity contribution in [3.8, 4) is 0 Å². The van der Waals surface area contributed by atoms with Crippen molar-refractivity contribution >= 4 is 28.9 Å². The first kappa shape index (κ1) is 22.6. The minimum Gasteiger partial charge on any atom is -0.341 e. The van der Waals surface area contributed by atoms with Gasteiger partial charge in [-0.15, -0.1) is 0 Å². The predicted octanol–water partition coefficient (Wildman–Crippen LogP) is 0.319. The first-order valence-electron chi connectivity index (χ1n) is 12.4. The zero-order valence-corrected chi connectivity index (χ0v) is 20.2. The lowest BCUT2D eigenvalue weighted by Gasteiger charge is -2.30. The summed E-state index contributed by atoms with van der Waals surface area (Å²) in [4.78, 5) is 15.0. The fraction of sp³-hybridized carbons (Fsp3) is 0.783. The van der Waals surface area contributed by atoms with E-state index >= 15 is 0 Å². The molecule has 0 bridgehead atoms. The molecule has 2 saturated heterocycles. The molecule has 1 amide bonds. The van der Waals surface area contributed by atoms with Crippen molar-refractivity contribution in [2.24, 2.45) is 5.92 Å². The molecule has 8 unspecified atom stereocenters. The SMILES string of the molecule is CCN(CCNC)C(=O)C1C=CCC(NC2N3CCC(NC4CCC5=[N+]=CSC5C4)N23)C1. The summed E-state index contributed by atoms with van der Waals surface area (Å²) in [5.74, 6) is 0.262. The van der Waals surface area contributed by atoms with Gasteiger partial charge >= 0.3 is 5.55 Å². The Morgan fingerprint density at radius 2 is 2.19 bits per heavy atom. The van der Waals surface area contributed by atoms with Crippen molar-refractivity contribution in [2.75, 3.05) is 33.2 Å². The molecule has 176 valence electrons. The summed E-state index contributed by atoms with van der Waals surface area (Å²) in [7, 11) is 1.93. The van der Waals surface area contributed by atoms with Crippen LogP contribution in [0.2, 0.25) is 0 Å². The molecule has 8 atom stereocenters. The Bertz CT molecular complexity index is 797. The minimum atomic E-state index is -0.00520.